The first-order chi connectivity index (χ1) is 9.72. The van der Waals surface area contributed by atoms with Crippen molar-refractivity contribution in [3.63, 3.8) is 0 Å². The Labute approximate surface area is 120 Å². The number of ether oxygens (including phenoxy) is 1. The number of halogens is 1. The molecule has 0 saturated carbocycles. The van der Waals surface area contributed by atoms with Gasteiger partial charge in [0.1, 0.15) is 18.2 Å². The Kier molecular flexibility index (Phi) is 4.22. The van der Waals surface area contributed by atoms with Crippen molar-refractivity contribution in [3.8, 4) is 5.75 Å². The first-order valence-electron chi connectivity index (χ1n) is 7.59. The van der Waals surface area contributed by atoms with Crippen LogP contribution in [0.3, 0.4) is 0 Å². The number of hydrogen-bond acceptors (Lipinski definition) is 3. The third-order valence-electron chi connectivity index (χ3n) is 4.53. The maximum Gasteiger partial charge on any atom is 0.123 e. The molecule has 2 saturated heterocycles. The molecule has 0 radical (unpaired) electrons. The maximum absolute atomic E-state index is 12.8. The fraction of sp³-hybridized carbons (Fsp3) is 0.625. The molecular weight excluding hydrogens is 255 g/mol. The number of fused-ring (bicyclic) bond motifs is 1. The number of rotatable bonds is 4. The smallest absolute Gasteiger partial charge is 0.123 e. The van der Waals surface area contributed by atoms with Gasteiger partial charge in [-0.1, -0.05) is 0 Å². The van der Waals surface area contributed by atoms with E-state index in [2.05, 4.69) is 16.7 Å². The van der Waals surface area contributed by atoms with Crippen LogP contribution < -0.4 is 4.74 Å². The molecule has 0 spiro atoms. The number of hydrogen-bond donors (Lipinski definition) is 0. The molecule has 2 heterocycles. The molecule has 3 rings (SSSR count). The van der Waals surface area contributed by atoms with Crippen LogP contribution in [0.1, 0.15) is 19.8 Å². The average molecular weight is 278 g/mol. The van der Waals surface area contributed by atoms with Crippen LogP contribution in [-0.2, 0) is 0 Å². The highest BCUT2D eigenvalue weighted by molar-refractivity contribution is 5.21. The summed E-state index contributed by atoms with van der Waals surface area (Å²) >= 11 is 0. The topological polar surface area (TPSA) is 15.7 Å². The van der Waals surface area contributed by atoms with Crippen LogP contribution in [0.4, 0.5) is 4.39 Å². The lowest BCUT2D eigenvalue weighted by atomic mass is 10.1. The predicted octanol–water partition coefficient (Wildman–Crippen LogP) is 2.37. The predicted molar refractivity (Wildman–Crippen MR) is 77.5 cm³/mol. The van der Waals surface area contributed by atoms with Crippen molar-refractivity contribution in [2.24, 2.45) is 0 Å². The summed E-state index contributed by atoms with van der Waals surface area (Å²) in [5.41, 5.74) is 0. The van der Waals surface area contributed by atoms with Crippen molar-refractivity contribution in [1.29, 1.82) is 0 Å². The van der Waals surface area contributed by atoms with E-state index >= 15 is 0 Å². The molecule has 3 nitrogen and oxygen atoms in total. The van der Waals surface area contributed by atoms with Crippen LogP contribution in [0.25, 0.3) is 0 Å². The van der Waals surface area contributed by atoms with Gasteiger partial charge in [-0.15, -0.1) is 0 Å². The number of piperazine rings is 1. The second kappa shape index (κ2) is 6.10. The Morgan fingerprint density at radius 2 is 2.05 bits per heavy atom. The van der Waals surface area contributed by atoms with Gasteiger partial charge in [0.15, 0.2) is 0 Å². The molecule has 2 atom stereocenters. The maximum atomic E-state index is 12.8. The molecule has 0 amide bonds. The van der Waals surface area contributed by atoms with E-state index in [-0.39, 0.29) is 5.82 Å². The van der Waals surface area contributed by atoms with E-state index in [0.717, 1.165) is 24.9 Å². The van der Waals surface area contributed by atoms with Crippen LogP contribution in [0.2, 0.25) is 0 Å². The standard InChI is InChI=1S/C16H23FN2O/c1-13-11-19-8-2-3-15(19)12-18(13)9-10-20-16-6-4-14(17)5-7-16/h4-7,13,15H,2-3,8-12H2,1H3/t13-,15-/m1/s1. The first-order valence-corrected chi connectivity index (χ1v) is 7.59. The number of benzene rings is 1. The zero-order chi connectivity index (χ0) is 13.9. The lowest BCUT2D eigenvalue weighted by molar-refractivity contribution is 0.0500. The van der Waals surface area contributed by atoms with Gasteiger partial charge >= 0.3 is 0 Å². The summed E-state index contributed by atoms with van der Waals surface area (Å²) < 4.78 is 18.5. The van der Waals surface area contributed by atoms with E-state index in [1.54, 1.807) is 12.1 Å². The van der Waals surface area contributed by atoms with E-state index < -0.39 is 0 Å². The lowest BCUT2D eigenvalue weighted by Gasteiger charge is -2.42. The molecule has 0 N–H and O–H groups in total. The summed E-state index contributed by atoms with van der Waals surface area (Å²) in [5.74, 6) is 0.530. The zero-order valence-electron chi connectivity index (χ0n) is 12.1. The van der Waals surface area contributed by atoms with Gasteiger partial charge in [-0.05, 0) is 50.6 Å². The molecule has 1 aromatic rings. The van der Waals surface area contributed by atoms with Crippen LogP contribution in [0.5, 0.6) is 5.75 Å². The summed E-state index contributed by atoms with van der Waals surface area (Å²) in [6, 6.07) is 7.60. The fourth-order valence-corrected chi connectivity index (χ4v) is 3.37. The van der Waals surface area contributed by atoms with Crippen molar-refractivity contribution in [2.75, 3.05) is 32.8 Å². The van der Waals surface area contributed by atoms with Crippen LogP contribution in [-0.4, -0.2) is 54.7 Å². The summed E-state index contributed by atoms with van der Waals surface area (Å²) in [4.78, 5) is 5.15. The molecule has 110 valence electrons. The van der Waals surface area contributed by atoms with Crippen molar-refractivity contribution >= 4 is 0 Å². The normalized spacial score (nSPS) is 27.5. The van der Waals surface area contributed by atoms with Gasteiger partial charge in [-0.2, -0.15) is 0 Å². The van der Waals surface area contributed by atoms with Crippen molar-refractivity contribution < 1.29 is 9.13 Å². The largest absolute Gasteiger partial charge is 0.492 e. The number of nitrogens with zero attached hydrogens (tertiary/aromatic N) is 2. The molecular formula is C16H23FN2O. The van der Waals surface area contributed by atoms with Crippen molar-refractivity contribution in [2.45, 2.75) is 31.8 Å². The van der Waals surface area contributed by atoms with Crippen molar-refractivity contribution in [1.82, 2.24) is 9.80 Å². The summed E-state index contributed by atoms with van der Waals surface area (Å²) in [6.07, 6.45) is 2.68. The molecule has 20 heavy (non-hydrogen) atoms. The zero-order valence-corrected chi connectivity index (χ0v) is 12.1. The van der Waals surface area contributed by atoms with Crippen LogP contribution >= 0.6 is 0 Å². The van der Waals surface area contributed by atoms with Crippen molar-refractivity contribution in [3.05, 3.63) is 30.1 Å². The van der Waals surface area contributed by atoms with E-state index in [9.17, 15) is 4.39 Å². The molecule has 2 aliphatic heterocycles. The minimum Gasteiger partial charge on any atom is -0.492 e. The Bertz CT molecular complexity index is 437. The third-order valence-corrected chi connectivity index (χ3v) is 4.53. The van der Waals surface area contributed by atoms with E-state index in [4.69, 9.17) is 4.74 Å². The molecule has 2 fully saturated rings. The van der Waals surface area contributed by atoms with Gasteiger partial charge in [-0.3, -0.25) is 9.80 Å². The second-order valence-corrected chi connectivity index (χ2v) is 5.94. The molecule has 0 unspecified atom stereocenters. The SMILES string of the molecule is C[C@@H]1CN2CCC[C@@H]2CN1CCOc1ccc(F)cc1. The summed E-state index contributed by atoms with van der Waals surface area (Å²) in [6.45, 7) is 7.53. The minimum atomic E-state index is -0.219. The second-order valence-electron chi connectivity index (χ2n) is 5.94. The van der Waals surface area contributed by atoms with E-state index in [1.165, 1.54) is 38.1 Å². The highest BCUT2D eigenvalue weighted by Crippen LogP contribution is 2.24. The van der Waals surface area contributed by atoms with Gasteiger partial charge in [0.25, 0.3) is 0 Å². The van der Waals surface area contributed by atoms with E-state index in [0.29, 0.717) is 12.6 Å². The molecule has 1 aromatic carbocycles. The molecule has 0 aliphatic carbocycles. The van der Waals surface area contributed by atoms with Gasteiger partial charge in [-0.25, -0.2) is 4.39 Å². The summed E-state index contributed by atoms with van der Waals surface area (Å²) in [5, 5.41) is 0. The quantitative estimate of drug-likeness (QED) is 0.841. The average Bonchev–Trinajstić information content (AvgIpc) is 2.88. The highest BCUT2D eigenvalue weighted by Gasteiger charge is 2.33. The van der Waals surface area contributed by atoms with Gasteiger partial charge in [0.2, 0.25) is 0 Å². The highest BCUT2D eigenvalue weighted by atomic mass is 19.1. The molecule has 0 bridgehead atoms. The summed E-state index contributed by atoms with van der Waals surface area (Å²) in [7, 11) is 0. The first kappa shape index (κ1) is 13.8. The van der Waals surface area contributed by atoms with Crippen LogP contribution in [0, 0.1) is 5.82 Å². The van der Waals surface area contributed by atoms with Crippen LogP contribution in [0.15, 0.2) is 24.3 Å². The van der Waals surface area contributed by atoms with Gasteiger partial charge in [0.05, 0.1) is 0 Å². The molecule has 4 heteroatoms. The lowest BCUT2D eigenvalue weighted by Crippen LogP contribution is -2.55. The monoisotopic (exact) mass is 278 g/mol. The Balaban J connectivity index is 1.47. The fourth-order valence-electron chi connectivity index (χ4n) is 3.37. The Morgan fingerprint density at radius 3 is 2.85 bits per heavy atom. The van der Waals surface area contributed by atoms with Gasteiger partial charge < -0.3 is 4.74 Å². The van der Waals surface area contributed by atoms with Gasteiger partial charge in [0, 0.05) is 31.7 Å². The molecule has 0 aromatic heterocycles. The van der Waals surface area contributed by atoms with E-state index in [1.807, 2.05) is 0 Å². The minimum absolute atomic E-state index is 0.219. The Hall–Kier alpha value is -1.13. The Morgan fingerprint density at radius 1 is 1.25 bits per heavy atom. The third kappa shape index (κ3) is 3.13. The molecule has 2 aliphatic rings.